The van der Waals surface area contributed by atoms with Crippen LogP contribution in [0.2, 0.25) is 0 Å². The highest BCUT2D eigenvalue weighted by molar-refractivity contribution is 4.83. The fourth-order valence-corrected chi connectivity index (χ4v) is 9.31. The lowest BCUT2D eigenvalue weighted by molar-refractivity contribution is -0.266. The third-order valence-electron chi connectivity index (χ3n) is 14.2. The Bertz CT molecular complexity index is 1110. The molecule has 0 saturated carbocycles. The second-order valence-electron chi connectivity index (χ2n) is 22.2. The molecule has 0 rings (SSSR count). The molecule has 0 aliphatic heterocycles. The summed E-state index contributed by atoms with van der Waals surface area (Å²) in [7, 11) is 0. The molecule has 6 unspecified atom stereocenters. The second-order valence-corrected chi connectivity index (χ2v) is 22.2. The zero-order valence-corrected chi connectivity index (χ0v) is 50.5. The normalized spacial score (nSPS) is 15.2. The van der Waals surface area contributed by atoms with Gasteiger partial charge < -0.3 is 43.7 Å². The Hall–Kier alpha value is -1.14. The van der Waals surface area contributed by atoms with E-state index in [4.69, 9.17) is 28.4 Å². The minimum Gasteiger partial charge on any atom is -0.388 e. The summed E-state index contributed by atoms with van der Waals surface area (Å²) in [5.41, 5.74) is 0. The minimum atomic E-state index is -0.899. The standard InChI is InChI=1S/C66H128O9/c1-7-10-13-16-19-22-25-28-31-34-37-40-43-46-49-52-55-70-64(60(4)67)73-58-63(75-66(62(6)69)72-57-54-51-48-45-42-39-36-33-30-27-24-21-18-15-12-9-3)59-74-65(61(5)68)71-56-53-50-47-44-41-38-35-32-29-26-23-20-17-14-11-8-2/h28-33,60-69H,7-27,34-59H2,1-6H3/b31-28-,32-29-,33-30-. The van der Waals surface area contributed by atoms with E-state index in [0.717, 1.165) is 44.9 Å². The van der Waals surface area contributed by atoms with E-state index in [-0.39, 0.29) is 13.2 Å². The molecule has 0 aliphatic rings. The first-order valence-corrected chi connectivity index (χ1v) is 32.5. The van der Waals surface area contributed by atoms with Crippen molar-refractivity contribution >= 4 is 0 Å². The SMILES string of the molecule is CCCCCCCC/C=C\CCCCCCCCOC(OCC(COC(OCCCCCCCC/C=C\CCCCCCCC)C(C)O)OC(OCCCCCCCC/C=C\CCCCCCCC)C(C)O)C(C)O. The molecule has 75 heavy (non-hydrogen) atoms. The molecule has 446 valence electrons. The highest BCUT2D eigenvalue weighted by Gasteiger charge is 2.27. The van der Waals surface area contributed by atoms with Gasteiger partial charge in [0.2, 0.25) is 0 Å². The summed E-state index contributed by atoms with van der Waals surface area (Å²) in [6.07, 6.45) is 60.4. The molecule has 0 aromatic heterocycles. The summed E-state index contributed by atoms with van der Waals surface area (Å²) in [5.74, 6) is 0. The molecule has 3 N–H and O–H groups in total. The zero-order valence-electron chi connectivity index (χ0n) is 50.5. The number of ether oxygens (including phenoxy) is 6. The van der Waals surface area contributed by atoms with Gasteiger partial charge in [-0.15, -0.1) is 0 Å². The number of rotatable bonds is 62. The molecule has 0 amide bonds. The Morgan fingerprint density at radius 2 is 0.480 bits per heavy atom. The maximum atomic E-state index is 10.8. The first-order chi connectivity index (χ1) is 36.8. The first-order valence-electron chi connectivity index (χ1n) is 32.5. The fraction of sp³-hybridized carbons (Fsp3) is 0.909. The van der Waals surface area contributed by atoms with Crippen LogP contribution >= 0.6 is 0 Å². The zero-order chi connectivity index (χ0) is 54.8. The van der Waals surface area contributed by atoms with Crippen molar-refractivity contribution in [1.82, 2.24) is 0 Å². The summed E-state index contributed by atoms with van der Waals surface area (Å²) >= 11 is 0. The molecule has 9 heteroatoms. The monoisotopic (exact) mass is 1060 g/mol. The minimum absolute atomic E-state index is 0.0330. The summed E-state index contributed by atoms with van der Waals surface area (Å²) < 4.78 is 37.0. The van der Waals surface area contributed by atoms with Crippen LogP contribution in [-0.2, 0) is 28.4 Å². The van der Waals surface area contributed by atoms with Gasteiger partial charge in [-0.2, -0.15) is 0 Å². The topological polar surface area (TPSA) is 116 Å². The molecule has 0 aromatic carbocycles. The van der Waals surface area contributed by atoms with Crippen molar-refractivity contribution in [2.45, 2.75) is 355 Å². The van der Waals surface area contributed by atoms with Gasteiger partial charge in [-0.25, -0.2) is 0 Å². The molecular weight excluding hydrogens is 937 g/mol. The third kappa shape index (κ3) is 54.6. The molecule has 0 fully saturated rings. The summed E-state index contributed by atoms with van der Waals surface area (Å²) in [6.45, 7) is 13.3. The predicted molar refractivity (Wildman–Crippen MR) is 319 cm³/mol. The van der Waals surface area contributed by atoms with Crippen LogP contribution in [0.4, 0.5) is 0 Å². The molecule has 0 radical (unpaired) electrons. The van der Waals surface area contributed by atoms with Crippen molar-refractivity contribution in [2.75, 3.05) is 33.0 Å². The van der Waals surface area contributed by atoms with E-state index in [0.29, 0.717) is 19.8 Å². The van der Waals surface area contributed by atoms with Crippen LogP contribution in [0.3, 0.4) is 0 Å². The smallest absolute Gasteiger partial charge is 0.183 e. The third-order valence-corrected chi connectivity index (χ3v) is 14.2. The van der Waals surface area contributed by atoms with Gasteiger partial charge in [0.05, 0.1) is 13.2 Å². The quantitative estimate of drug-likeness (QED) is 0.0311. The van der Waals surface area contributed by atoms with Gasteiger partial charge >= 0.3 is 0 Å². The highest BCUT2D eigenvalue weighted by Crippen LogP contribution is 2.17. The number of hydrogen-bond acceptors (Lipinski definition) is 9. The molecule has 0 bridgehead atoms. The predicted octanol–water partition coefficient (Wildman–Crippen LogP) is 18.7. The molecule has 9 nitrogen and oxygen atoms in total. The maximum absolute atomic E-state index is 10.8. The van der Waals surface area contributed by atoms with Crippen molar-refractivity contribution in [3.8, 4) is 0 Å². The van der Waals surface area contributed by atoms with E-state index in [2.05, 4.69) is 57.2 Å². The summed E-state index contributed by atoms with van der Waals surface area (Å²) in [6, 6.07) is 0. The van der Waals surface area contributed by atoms with E-state index in [1.807, 2.05) is 0 Å². The van der Waals surface area contributed by atoms with Crippen LogP contribution in [0.15, 0.2) is 36.5 Å². The Morgan fingerprint density at radius 1 is 0.267 bits per heavy atom. The number of aliphatic hydroxyl groups excluding tert-OH is 3. The van der Waals surface area contributed by atoms with Crippen LogP contribution in [0.5, 0.6) is 0 Å². The van der Waals surface area contributed by atoms with Crippen molar-refractivity contribution in [1.29, 1.82) is 0 Å². The number of hydrogen-bond donors (Lipinski definition) is 3. The number of unbranched alkanes of at least 4 members (excludes halogenated alkanes) is 36. The van der Waals surface area contributed by atoms with E-state index in [1.54, 1.807) is 20.8 Å². The van der Waals surface area contributed by atoms with Crippen LogP contribution in [0.25, 0.3) is 0 Å². The average Bonchev–Trinajstić information content (AvgIpc) is 3.39. The Morgan fingerprint density at radius 3 is 0.720 bits per heavy atom. The van der Waals surface area contributed by atoms with E-state index < -0.39 is 43.3 Å². The number of allylic oxidation sites excluding steroid dienone is 6. The fourth-order valence-electron chi connectivity index (χ4n) is 9.31. The second kappa shape index (κ2) is 60.5. The lowest BCUT2D eigenvalue weighted by Gasteiger charge is -2.30. The summed E-state index contributed by atoms with van der Waals surface area (Å²) in [5, 5.41) is 32.1. The largest absolute Gasteiger partial charge is 0.388 e. The van der Waals surface area contributed by atoms with Crippen molar-refractivity contribution in [3.05, 3.63) is 36.5 Å². The van der Waals surface area contributed by atoms with Crippen molar-refractivity contribution in [2.24, 2.45) is 0 Å². The number of aliphatic hydroxyl groups is 3. The maximum Gasteiger partial charge on any atom is 0.183 e. The lowest BCUT2D eigenvalue weighted by Crippen LogP contribution is -2.42. The van der Waals surface area contributed by atoms with Crippen LogP contribution in [-0.4, -0.2) is 91.6 Å². The van der Waals surface area contributed by atoms with Crippen molar-refractivity contribution < 1.29 is 43.7 Å². The van der Waals surface area contributed by atoms with E-state index >= 15 is 0 Å². The van der Waals surface area contributed by atoms with Crippen molar-refractivity contribution in [3.63, 3.8) is 0 Å². The van der Waals surface area contributed by atoms with Gasteiger partial charge in [-0.1, -0.05) is 231 Å². The highest BCUT2D eigenvalue weighted by atomic mass is 16.7. The van der Waals surface area contributed by atoms with Gasteiger partial charge in [-0.3, -0.25) is 0 Å². The van der Waals surface area contributed by atoms with Crippen LogP contribution < -0.4 is 0 Å². The Kier molecular flexibility index (Phi) is 59.6. The van der Waals surface area contributed by atoms with Crippen LogP contribution in [0.1, 0.15) is 311 Å². The summed E-state index contributed by atoms with van der Waals surface area (Å²) in [4.78, 5) is 0. The van der Waals surface area contributed by atoms with Gasteiger partial charge in [0, 0.05) is 19.8 Å². The molecule has 0 saturated heterocycles. The molecular formula is C66H128O9. The van der Waals surface area contributed by atoms with E-state index in [9.17, 15) is 15.3 Å². The van der Waals surface area contributed by atoms with Gasteiger partial charge in [0.25, 0.3) is 0 Å². The Balaban J connectivity index is 4.93. The van der Waals surface area contributed by atoms with Gasteiger partial charge in [0.1, 0.15) is 24.4 Å². The molecule has 0 heterocycles. The molecule has 0 aromatic rings. The molecule has 0 spiro atoms. The average molecular weight is 1070 g/mol. The van der Waals surface area contributed by atoms with Gasteiger partial charge in [-0.05, 0) is 117 Å². The lowest BCUT2D eigenvalue weighted by atomic mass is 10.1. The van der Waals surface area contributed by atoms with Gasteiger partial charge in [0.15, 0.2) is 18.9 Å². The van der Waals surface area contributed by atoms with Crippen LogP contribution in [0, 0.1) is 0 Å². The molecule has 6 atom stereocenters. The first kappa shape index (κ1) is 73.9. The molecule has 0 aliphatic carbocycles. The van der Waals surface area contributed by atoms with E-state index in [1.165, 1.54) is 225 Å². The Labute approximate surface area is 465 Å².